The zero-order chi connectivity index (χ0) is 19.8. The number of para-hydroxylation sites is 1. The van der Waals surface area contributed by atoms with Crippen molar-refractivity contribution in [2.45, 2.75) is 33.5 Å². The number of thiophene rings is 1. The number of esters is 1. The third kappa shape index (κ3) is 3.34. The lowest BCUT2D eigenvalue weighted by atomic mass is 10.0. The van der Waals surface area contributed by atoms with Gasteiger partial charge in [0, 0.05) is 21.6 Å². The number of benzene rings is 2. The van der Waals surface area contributed by atoms with Crippen molar-refractivity contribution in [3.63, 3.8) is 0 Å². The van der Waals surface area contributed by atoms with E-state index in [0.29, 0.717) is 17.0 Å². The van der Waals surface area contributed by atoms with E-state index in [2.05, 4.69) is 0 Å². The molecule has 2 aromatic carbocycles. The first-order valence-corrected chi connectivity index (χ1v) is 9.93. The minimum absolute atomic E-state index is 0.202. The van der Waals surface area contributed by atoms with Crippen LogP contribution < -0.4 is 4.74 Å². The molecule has 1 atom stereocenters. The van der Waals surface area contributed by atoms with E-state index in [9.17, 15) is 9.59 Å². The number of carbonyl (C=O) groups excluding carboxylic acids is 2. The zero-order valence-electron chi connectivity index (χ0n) is 15.9. The molecule has 0 spiro atoms. The topological polar surface area (TPSA) is 52.6 Å². The number of ketones is 1. The van der Waals surface area contributed by atoms with Gasteiger partial charge >= 0.3 is 5.97 Å². The lowest BCUT2D eigenvalue weighted by molar-refractivity contribution is 0.0323. The van der Waals surface area contributed by atoms with Gasteiger partial charge in [0.15, 0.2) is 6.10 Å². The number of hydrogen-bond donors (Lipinski definition) is 0. The fourth-order valence-electron chi connectivity index (χ4n) is 3.20. The second-order valence-corrected chi connectivity index (χ2v) is 8.01. The van der Waals surface area contributed by atoms with Gasteiger partial charge in [-0.2, -0.15) is 0 Å². The highest BCUT2D eigenvalue weighted by atomic mass is 32.1. The lowest BCUT2D eigenvalue weighted by Crippen LogP contribution is -2.24. The fraction of sp³-hybridized carbons (Fsp3) is 0.217. The van der Waals surface area contributed by atoms with E-state index in [-0.39, 0.29) is 5.78 Å². The molecule has 5 heteroatoms. The van der Waals surface area contributed by atoms with Crippen LogP contribution in [-0.2, 0) is 11.3 Å². The normalized spacial score (nSPS) is 13.1. The maximum absolute atomic E-state index is 12.6. The highest BCUT2D eigenvalue weighted by molar-refractivity contribution is 7.17. The maximum atomic E-state index is 12.6. The number of Topliss-reactive ketones (excluding diaryl/α,β-unsaturated/α-hetero) is 1. The summed E-state index contributed by atoms with van der Waals surface area (Å²) in [6.45, 7) is 5.99. The largest absolute Gasteiger partial charge is 0.488 e. The molecule has 0 aliphatic carbocycles. The molecule has 1 aromatic heterocycles. The Labute approximate surface area is 167 Å². The van der Waals surface area contributed by atoms with Crippen LogP contribution in [0.1, 0.15) is 43.6 Å². The molecule has 142 valence electrons. The molecule has 1 aliphatic heterocycles. The second-order valence-electron chi connectivity index (χ2n) is 6.96. The number of fused-ring (bicyclic) bond motifs is 3. The molecule has 0 amide bonds. The average molecular weight is 392 g/mol. The summed E-state index contributed by atoms with van der Waals surface area (Å²) in [7, 11) is 0. The van der Waals surface area contributed by atoms with Gasteiger partial charge in [-0.05, 0) is 56.2 Å². The monoisotopic (exact) mass is 392 g/mol. The van der Waals surface area contributed by atoms with Crippen molar-refractivity contribution in [2.75, 3.05) is 0 Å². The second kappa shape index (κ2) is 7.24. The van der Waals surface area contributed by atoms with Gasteiger partial charge in [-0.3, -0.25) is 4.79 Å². The van der Waals surface area contributed by atoms with Gasteiger partial charge in [0.1, 0.15) is 17.2 Å². The molecule has 3 aromatic rings. The summed E-state index contributed by atoms with van der Waals surface area (Å²) in [5.41, 5.74) is 4.65. The first kappa shape index (κ1) is 18.4. The van der Waals surface area contributed by atoms with Crippen LogP contribution in [0.25, 0.3) is 10.4 Å². The maximum Gasteiger partial charge on any atom is 0.349 e. The molecule has 0 saturated carbocycles. The summed E-state index contributed by atoms with van der Waals surface area (Å²) in [5, 5.41) is 0. The van der Waals surface area contributed by atoms with E-state index >= 15 is 0 Å². The Morgan fingerprint density at radius 3 is 2.64 bits per heavy atom. The van der Waals surface area contributed by atoms with Crippen LogP contribution in [0.4, 0.5) is 0 Å². The quantitative estimate of drug-likeness (QED) is 0.443. The fourth-order valence-corrected chi connectivity index (χ4v) is 4.28. The highest BCUT2D eigenvalue weighted by Gasteiger charge is 2.26. The van der Waals surface area contributed by atoms with Crippen LogP contribution >= 0.6 is 11.3 Å². The van der Waals surface area contributed by atoms with Crippen molar-refractivity contribution in [1.29, 1.82) is 0 Å². The Balaban J connectivity index is 1.52. The summed E-state index contributed by atoms with van der Waals surface area (Å²) >= 11 is 1.37. The molecular weight excluding hydrogens is 372 g/mol. The average Bonchev–Trinajstić information content (AvgIpc) is 3.14. The van der Waals surface area contributed by atoms with Crippen LogP contribution in [0.15, 0.2) is 48.5 Å². The zero-order valence-corrected chi connectivity index (χ0v) is 16.8. The van der Waals surface area contributed by atoms with Crippen LogP contribution in [0.3, 0.4) is 0 Å². The Morgan fingerprint density at radius 1 is 1.07 bits per heavy atom. The third-order valence-electron chi connectivity index (χ3n) is 4.97. The van der Waals surface area contributed by atoms with E-state index in [1.165, 1.54) is 11.3 Å². The van der Waals surface area contributed by atoms with Crippen molar-refractivity contribution >= 4 is 23.1 Å². The standard InChI is InChI=1S/C23H20O4S/c1-13-8-9-16(10-14(13)2)21(24)15(3)27-23(25)20-11-17-12-26-19-7-5-4-6-18(19)22(17)28-20/h4-11,15H,12H2,1-3H3/t15-/m1/s1. The van der Waals surface area contributed by atoms with Gasteiger partial charge in [0.05, 0.1) is 0 Å². The minimum Gasteiger partial charge on any atom is -0.488 e. The van der Waals surface area contributed by atoms with Crippen LogP contribution in [0.2, 0.25) is 0 Å². The Kier molecular flexibility index (Phi) is 4.77. The highest BCUT2D eigenvalue weighted by Crippen LogP contribution is 2.42. The predicted octanol–water partition coefficient (Wildman–Crippen LogP) is 5.35. The number of hydrogen-bond acceptors (Lipinski definition) is 5. The molecular formula is C23H20O4S. The first-order valence-electron chi connectivity index (χ1n) is 9.11. The molecule has 28 heavy (non-hydrogen) atoms. The van der Waals surface area contributed by atoms with E-state index in [0.717, 1.165) is 32.9 Å². The Morgan fingerprint density at radius 2 is 1.86 bits per heavy atom. The summed E-state index contributed by atoms with van der Waals surface area (Å²) in [6, 6.07) is 15.1. The molecule has 0 fully saturated rings. The van der Waals surface area contributed by atoms with Gasteiger partial charge < -0.3 is 9.47 Å². The third-order valence-corrected chi connectivity index (χ3v) is 6.16. The first-order chi connectivity index (χ1) is 13.4. The SMILES string of the molecule is Cc1ccc(C(=O)[C@@H](C)OC(=O)c2cc3c(s2)-c2ccccc2OC3)cc1C. The van der Waals surface area contributed by atoms with E-state index < -0.39 is 12.1 Å². The lowest BCUT2D eigenvalue weighted by Gasteiger charge is -2.16. The molecule has 4 rings (SSSR count). The molecule has 0 unspecified atom stereocenters. The number of ether oxygens (including phenoxy) is 2. The van der Waals surface area contributed by atoms with Gasteiger partial charge in [-0.15, -0.1) is 11.3 Å². The van der Waals surface area contributed by atoms with E-state index in [1.807, 2.05) is 50.2 Å². The van der Waals surface area contributed by atoms with Crippen molar-refractivity contribution < 1.29 is 19.1 Å². The minimum atomic E-state index is -0.850. The Bertz CT molecular complexity index is 1080. The molecule has 0 N–H and O–H groups in total. The predicted molar refractivity (Wildman–Crippen MR) is 109 cm³/mol. The molecule has 1 aliphatic rings. The van der Waals surface area contributed by atoms with Gasteiger partial charge in [0.2, 0.25) is 5.78 Å². The number of carbonyl (C=O) groups is 2. The van der Waals surface area contributed by atoms with Gasteiger partial charge in [0.25, 0.3) is 0 Å². The summed E-state index contributed by atoms with van der Waals surface area (Å²) in [6.07, 6.45) is -0.850. The van der Waals surface area contributed by atoms with Crippen molar-refractivity contribution in [3.05, 3.63) is 75.7 Å². The van der Waals surface area contributed by atoms with Crippen molar-refractivity contribution in [2.24, 2.45) is 0 Å². The number of rotatable bonds is 4. The van der Waals surface area contributed by atoms with E-state index in [4.69, 9.17) is 9.47 Å². The van der Waals surface area contributed by atoms with Crippen molar-refractivity contribution in [3.8, 4) is 16.2 Å². The van der Waals surface area contributed by atoms with Crippen molar-refractivity contribution in [1.82, 2.24) is 0 Å². The number of aryl methyl sites for hydroxylation is 2. The summed E-state index contributed by atoms with van der Waals surface area (Å²) in [5.74, 6) is 0.128. The Hall–Kier alpha value is -2.92. The molecule has 2 heterocycles. The summed E-state index contributed by atoms with van der Waals surface area (Å²) in [4.78, 5) is 26.8. The molecule has 4 nitrogen and oxygen atoms in total. The smallest absolute Gasteiger partial charge is 0.349 e. The van der Waals surface area contributed by atoms with Gasteiger partial charge in [-0.25, -0.2) is 4.79 Å². The van der Waals surface area contributed by atoms with Gasteiger partial charge in [-0.1, -0.05) is 24.3 Å². The molecule has 0 saturated heterocycles. The molecule has 0 bridgehead atoms. The van der Waals surface area contributed by atoms with Crippen LogP contribution in [0.5, 0.6) is 5.75 Å². The van der Waals surface area contributed by atoms with E-state index in [1.54, 1.807) is 19.1 Å². The molecule has 0 radical (unpaired) electrons. The van der Waals surface area contributed by atoms with Crippen LogP contribution in [-0.4, -0.2) is 17.9 Å². The van der Waals surface area contributed by atoms with Crippen LogP contribution in [0, 0.1) is 13.8 Å². The summed E-state index contributed by atoms with van der Waals surface area (Å²) < 4.78 is 11.2.